The average molecular weight is 328 g/mol. The van der Waals surface area contributed by atoms with Crippen molar-refractivity contribution in [3.8, 4) is 17.7 Å². The Morgan fingerprint density at radius 3 is 2.74 bits per heavy atom. The van der Waals surface area contributed by atoms with Gasteiger partial charge in [0, 0.05) is 11.5 Å². The number of aromatic nitrogens is 1. The number of nitrogens with one attached hydrogen (secondary N) is 1. The van der Waals surface area contributed by atoms with Crippen molar-refractivity contribution in [2.45, 2.75) is 31.7 Å². The van der Waals surface area contributed by atoms with E-state index in [0.29, 0.717) is 5.88 Å². The van der Waals surface area contributed by atoms with Gasteiger partial charge in [0.15, 0.2) is 0 Å². The Balaban J connectivity index is 2.13. The van der Waals surface area contributed by atoms with Gasteiger partial charge < -0.3 is 10.1 Å². The van der Waals surface area contributed by atoms with Crippen molar-refractivity contribution in [2.24, 2.45) is 0 Å². The molecule has 2 rings (SSSR count). The molecule has 1 heterocycles. The lowest BCUT2D eigenvalue weighted by Crippen LogP contribution is -2.47. The number of hydrogen-bond donors (Lipinski definition) is 1. The van der Waals surface area contributed by atoms with Crippen LogP contribution in [0.5, 0.6) is 5.88 Å². The Morgan fingerprint density at radius 2 is 2.04 bits per heavy atom. The summed E-state index contributed by atoms with van der Waals surface area (Å²) in [6.07, 6.45) is 1.82. The van der Waals surface area contributed by atoms with Crippen LogP contribution in [0.4, 0.5) is 0 Å². The minimum absolute atomic E-state index is 0.222. The topological polar surface area (TPSA) is 51.2 Å². The van der Waals surface area contributed by atoms with Gasteiger partial charge in [-0.2, -0.15) is 0 Å². The summed E-state index contributed by atoms with van der Waals surface area (Å²) in [4.78, 5) is 16.8. The Bertz CT molecular complexity index is 762. The monoisotopic (exact) mass is 328 g/mol. The molecule has 1 unspecified atom stereocenters. The molecule has 4 nitrogen and oxygen atoms in total. The standard InChI is InChI=1S/C18H20N2O2S/c1-5-12-18(2,3)20-16(21)17(23-4)22-15-11-10-13-8-6-7-9-14(13)19-15/h6-11,17H,1-4H3,(H,20,21). The van der Waals surface area contributed by atoms with Crippen molar-refractivity contribution in [1.82, 2.24) is 10.3 Å². The fraction of sp³-hybridized carbons (Fsp3) is 0.333. The lowest BCUT2D eigenvalue weighted by Gasteiger charge is -2.23. The van der Waals surface area contributed by atoms with Gasteiger partial charge in [-0.25, -0.2) is 4.98 Å². The summed E-state index contributed by atoms with van der Waals surface area (Å²) in [6, 6.07) is 11.5. The Kier molecular flexibility index (Phi) is 5.51. The van der Waals surface area contributed by atoms with Crippen LogP contribution in [0.15, 0.2) is 36.4 Å². The van der Waals surface area contributed by atoms with Gasteiger partial charge in [0.2, 0.25) is 11.3 Å². The number of rotatable bonds is 5. The van der Waals surface area contributed by atoms with Crippen molar-refractivity contribution in [1.29, 1.82) is 0 Å². The van der Waals surface area contributed by atoms with E-state index >= 15 is 0 Å². The predicted molar refractivity (Wildman–Crippen MR) is 95.3 cm³/mol. The Labute approximate surface area is 141 Å². The number of nitrogens with zero attached hydrogens (tertiary/aromatic N) is 1. The van der Waals surface area contributed by atoms with E-state index in [9.17, 15) is 4.79 Å². The molecule has 0 saturated carbocycles. The molecule has 2 aromatic rings. The average Bonchev–Trinajstić information content (AvgIpc) is 2.51. The number of thioether (sulfide) groups is 1. The van der Waals surface area contributed by atoms with E-state index in [2.05, 4.69) is 22.1 Å². The molecule has 1 amide bonds. The van der Waals surface area contributed by atoms with Gasteiger partial charge in [0.25, 0.3) is 5.91 Å². The van der Waals surface area contributed by atoms with Crippen LogP contribution in [0.1, 0.15) is 20.8 Å². The maximum atomic E-state index is 12.4. The number of fused-ring (bicyclic) bond motifs is 1. The van der Waals surface area contributed by atoms with E-state index in [4.69, 9.17) is 4.74 Å². The molecular weight excluding hydrogens is 308 g/mol. The first-order chi connectivity index (χ1) is 10.9. The van der Waals surface area contributed by atoms with E-state index in [1.54, 1.807) is 13.0 Å². The fourth-order valence-corrected chi connectivity index (χ4v) is 2.61. The first-order valence-electron chi connectivity index (χ1n) is 7.26. The van der Waals surface area contributed by atoms with Gasteiger partial charge in [-0.3, -0.25) is 4.79 Å². The molecule has 0 saturated heterocycles. The third-order valence-corrected chi connectivity index (χ3v) is 3.84. The summed E-state index contributed by atoms with van der Waals surface area (Å²) < 4.78 is 5.75. The molecule has 0 aliphatic carbocycles. The molecule has 23 heavy (non-hydrogen) atoms. The molecule has 1 atom stereocenters. The van der Waals surface area contributed by atoms with E-state index in [-0.39, 0.29) is 5.91 Å². The number of ether oxygens (including phenoxy) is 1. The summed E-state index contributed by atoms with van der Waals surface area (Å²) in [5.41, 5.74) is -0.441. The van der Waals surface area contributed by atoms with Gasteiger partial charge >= 0.3 is 0 Å². The van der Waals surface area contributed by atoms with Crippen molar-refractivity contribution in [2.75, 3.05) is 6.26 Å². The molecule has 0 radical (unpaired) electrons. The number of amides is 1. The summed E-state index contributed by atoms with van der Waals surface area (Å²) >= 11 is 1.31. The summed E-state index contributed by atoms with van der Waals surface area (Å²) in [5, 5.41) is 3.91. The highest BCUT2D eigenvalue weighted by molar-refractivity contribution is 7.99. The van der Waals surface area contributed by atoms with Crippen LogP contribution in [-0.2, 0) is 4.79 Å². The molecule has 120 valence electrons. The largest absolute Gasteiger partial charge is 0.453 e. The molecule has 5 heteroatoms. The quantitative estimate of drug-likeness (QED) is 0.676. The number of para-hydroxylation sites is 1. The molecule has 0 spiro atoms. The zero-order chi connectivity index (χ0) is 16.9. The zero-order valence-electron chi connectivity index (χ0n) is 13.7. The van der Waals surface area contributed by atoms with Gasteiger partial charge in [-0.1, -0.05) is 24.1 Å². The molecular formula is C18H20N2O2S. The van der Waals surface area contributed by atoms with Crippen LogP contribution in [0.2, 0.25) is 0 Å². The van der Waals surface area contributed by atoms with Gasteiger partial charge in [0.1, 0.15) is 0 Å². The second kappa shape index (κ2) is 7.38. The summed E-state index contributed by atoms with van der Waals surface area (Å²) in [7, 11) is 0. The van der Waals surface area contributed by atoms with Crippen LogP contribution >= 0.6 is 11.8 Å². The SMILES string of the molecule is CC#CC(C)(C)NC(=O)C(Oc1ccc2ccccc2n1)SC. The first-order valence-corrected chi connectivity index (χ1v) is 8.55. The fourth-order valence-electron chi connectivity index (χ4n) is 2.14. The lowest BCUT2D eigenvalue weighted by atomic mass is 10.1. The van der Waals surface area contributed by atoms with Gasteiger partial charge in [0.05, 0.1) is 11.1 Å². The van der Waals surface area contributed by atoms with Crippen LogP contribution in [0.3, 0.4) is 0 Å². The van der Waals surface area contributed by atoms with E-state index < -0.39 is 11.0 Å². The zero-order valence-corrected chi connectivity index (χ0v) is 14.5. The van der Waals surface area contributed by atoms with E-state index in [1.807, 2.05) is 50.4 Å². The van der Waals surface area contributed by atoms with Crippen LogP contribution < -0.4 is 10.1 Å². The van der Waals surface area contributed by atoms with Crippen LogP contribution in [0.25, 0.3) is 10.9 Å². The first kappa shape index (κ1) is 17.2. The molecule has 0 fully saturated rings. The van der Waals surface area contributed by atoms with Crippen molar-refractivity contribution >= 4 is 28.6 Å². The number of carbonyl (C=O) groups excluding carboxylic acids is 1. The highest BCUT2D eigenvalue weighted by atomic mass is 32.2. The van der Waals surface area contributed by atoms with Crippen molar-refractivity contribution < 1.29 is 9.53 Å². The van der Waals surface area contributed by atoms with Crippen molar-refractivity contribution in [3.05, 3.63) is 36.4 Å². The van der Waals surface area contributed by atoms with Gasteiger partial charge in [-0.05, 0) is 39.2 Å². The second-order valence-corrected chi connectivity index (χ2v) is 6.42. The normalized spacial score (nSPS) is 12.2. The third-order valence-electron chi connectivity index (χ3n) is 3.10. The minimum Gasteiger partial charge on any atom is -0.453 e. The van der Waals surface area contributed by atoms with Crippen LogP contribution in [0, 0.1) is 11.8 Å². The molecule has 0 aliphatic heterocycles. The maximum Gasteiger partial charge on any atom is 0.272 e. The summed E-state index contributed by atoms with van der Waals surface area (Å²) in [6.45, 7) is 5.45. The lowest BCUT2D eigenvalue weighted by molar-refractivity contribution is -0.125. The Hall–Kier alpha value is -2.19. The number of pyridine rings is 1. The third kappa shape index (κ3) is 4.64. The van der Waals surface area contributed by atoms with E-state index in [1.165, 1.54) is 11.8 Å². The van der Waals surface area contributed by atoms with E-state index in [0.717, 1.165) is 10.9 Å². The number of benzene rings is 1. The molecule has 1 aromatic heterocycles. The minimum atomic E-state index is -0.679. The van der Waals surface area contributed by atoms with Crippen LogP contribution in [-0.4, -0.2) is 28.1 Å². The maximum absolute atomic E-state index is 12.4. The highest BCUT2D eigenvalue weighted by Gasteiger charge is 2.25. The van der Waals surface area contributed by atoms with Crippen molar-refractivity contribution in [3.63, 3.8) is 0 Å². The molecule has 1 aromatic carbocycles. The summed E-state index contributed by atoms with van der Waals surface area (Å²) in [5.74, 6) is 5.98. The molecule has 0 aliphatic rings. The smallest absolute Gasteiger partial charge is 0.272 e. The Morgan fingerprint density at radius 1 is 1.30 bits per heavy atom. The molecule has 1 N–H and O–H groups in total. The predicted octanol–water partition coefficient (Wildman–Crippen LogP) is 3.22. The second-order valence-electron chi connectivity index (χ2n) is 5.52. The number of hydrogen-bond acceptors (Lipinski definition) is 4. The van der Waals surface area contributed by atoms with Gasteiger partial charge in [-0.15, -0.1) is 17.7 Å². The number of carbonyl (C=O) groups is 1. The molecule has 0 bridgehead atoms. The highest BCUT2D eigenvalue weighted by Crippen LogP contribution is 2.20.